The number of rotatable bonds is 3. The van der Waals surface area contributed by atoms with Crippen LogP contribution in [-0.4, -0.2) is 34.9 Å². The number of urea groups is 1. The third-order valence-electron chi connectivity index (χ3n) is 3.96. The van der Waals surface area contributed by atoms with E-state index < -0.39 is 0 Å². The highest BCUT2D eigenvalue weighted by Crippen LogP contribution is 2.25. The van der Waals surface area contributed by atoms with Gasteiger partial charge in [-0.2, -0.15) is 0 Å². The topological polar surface area (TPSA) is 74.3 Å². The van der Waals surface area contributed by atoms with Crippen LogP contribution in [0.4, 0.5) is 9.93 Å². The summed E-state index contributed by atoms with van der Waals surface area (Å²) < 4.78 is 0. The van der Waals surface area contributed by atoms with E-state index in [9.17, 15) is 9.59 Å². The van der Waals surface area contributed by atoms with Gasteiger partial charge in [0.15, 0.2) is 5.13 Å². The van der Waals surface area contributed by atoms with E-state index in [0.717, 1.165) is 11.3 Å². The Kier molecular flexibility index (Phi) is 4.80. The number of hydrogen-bond acceptors (Lipinski definition) is 4. The molecule has 1 atom stereocenters. The molecule has 1 aliphatic heterocycles. The van der Waals surface area contributed by atoms with E-state index in [1.165, 1.54) is 11.3 Å². The van der Waals surface area contributed by atoms with Gasteiger partial charge in [0.1, 0.15) is 6.54 Å². The van der Waals surface area contributed by atoms with Gasteiger partial charge in [-0.15, -0.1) is 11.3 Å². The van der Waals surface area contributed by atoms with E-state index in [0.29, 0.717) is 17.6 Å². The molecule has 1 unspecified atom stereocenters. The van der Waals surface area contributed by atoms with Crippen molar-refractivity contribution in [1.29, 1.82) is 0 Å². The Morgan fingerprint density at radius 3 is 2.79 bits per heavy atom. The number of thiazole rings is 1. The minimum absolute atomic E-state index is 0.0355. The second-order valence-corrected chi connectivity index (χ2v) is 6.88. The summed E-state index contributed by atoms with van der Waals surface area (Å²) in [6.45, 7) is 4.56. The first-order valence-corrected chi connectivity index (χ1v) is 8.77. The quantitative estimate of drug-likeness (QED) is 0.899. The van der Waals surface area contributed by atoms with Crippen LogP contribution in [0.1, 0.15) is 37.1 Å². The summed E-state index contributed by atoms with van der Waals surface area (Å²) >= 11 is 1.40. The Morgan fingerprint density at radius 2 is 2.12 bits per heavy atom. The molecule has 3 rings (SSSR count). The molecule has 0 aliphatic carbocycles. The van der Waals surface area contributed by atoms with E-state index in [-0.39, 0.29) is 24.5 Å². The second-order valence-electron chi connectivity index (χ2n) is 6.02. The SMILES string of the molecule is CC(C)c1csc(NC(=O)N2CC(=O)NCC2c2ccccc2)n1. The average Bonchev–Trinajstić information content (AvgIpc) is 3.04. The van der Waals surface area contributed by atoms with E-state index in [1.54, 1.807) is 4.90 Å². The van der Waals surface area contributed by atoms with E-state index in [4.69, 9.17) is 0 Å². The predicted molar refractivity (Wildman–Crippen MR) is 94.1 cm³/mol. The number of nitrogens with one attached hydrogen (secondary N) is 2. The zero-order chi connectivity index (χ0) is 17.1. The van der Waals surface area contributed by atoms with Crippen molar-refractivity contribution >= 4 is 28.4 Å². The molecule has 1 aliphatic rings. The zero-order valence-corrected chi connectivity index (χ0v) is 14.5. The predicted octanol–water partition coefficient (Wildman–Crippen LogP) is 2.97. The van der Waals surface area contributed by atoms with E-state index in [2.05, 4.69) is 29.5 Å². The largest absolute Gasteiger partial charge is 0.352 e. The first-order valence-electron chi connectivity index (χ1n) is 7.89. The normalized spacial score (nSPS) is 17.7. The second kappa shape index (κ2) is 7.00. The van der Waals surface area contributed by atoms with Crippen LogP contribution in [0.15, 0.2) is 35.7 Å². The molecule has 6 nitrogen and oxygen atoms in total. The van der Waals surface area contributed by atoms with Crippen molar-refractivity contribution < 1.29 is 9.59 Å². The minimum Gasteiger partial charge on any atom is -0.352 e. The lowest BCUT2D eigenvalue weighted by atomic mass is 10.0. The first-order chi connectivity index (χ1) is 11.5. The van der Waals surface area contributed by atoms with Crippen LogP contribution in [0.5, 0.6) is 0 Å². The molecule has 2 aromatic rings. The van der Waals surface area contributed by atoms with Gasteiger partial charge >= 0.3 is 6.03 Å². The lowest BCUT2D eigenvalue weighted by molar-refractivity contribution is -0.124. The third-order valence-corrected chi connectivity index (χ3v) is 4.73. The lowest BCUT2D eigenvalue weighted by Gasteiger charge is -2.35. The van der Waals surface area contributed by atoms with Gasteiger partial charge in [0.25, 0.3) is 0 Å². The number of piperazine rings is 1. The Balaban J connectivity index is 1.77. The summed E-state index contributed by atoms with van der Waals surface area (Å²) in [5.41, 5.74) is 1.95. The summed E-state index contributed by atoms with van der Waals surface area (Å²) in [5, 5.41) is 8.15. The molecular weight excluding hydrogens is 324 g/mol. The number of hydrogen-bond donors (Lipinski definition) is 2. The lowest BCUT2D eigenvalue weighted by Crippen LogP contribution is -2.53. The van der Waals surface area contributed by atoms with Gasteiger partial charge in [0, 0.05) is 11.9 Å². The number of carbonyl (C=O) groups excluding carboxylic acids is 2. The van der Waals surface area contributed by atoms with Crippen molar-refractivity contribution in [3.8, 4) is 0 Å². The van der Waals surface area contributed by atoms with Crippen LogP contribution in [0, 0.1) is 0 Å². The molecule has 2 heterocycles. The fourth-order valence-electron chi connectivity index (χ4n) is 2.60. The highest BCUT2D eigenvalue weighted by atomic mass is 32.1. The van der Waals surface area contributed by atoms with Crippen molar-refractivity contribution in [2.24, 2.45) is 0 Å². The van der Waals surface area contributed by atoms with Crippen LogP contribution < -0.4 is 10.6 Å². The first kappa shape index (κ1) is 16.4. The van der Waals surface area contributed by atoms with Crippen molar-refractivity contribution in [3.05, 3.63) is 47.0 Å². The molecular formula is C17H20N4O2S. The molecule has 1 aromatic carbocycles. The molecule has 0 spiro atoms. The smallest absolute Gasteiger partial charge is 0.324 e. The molecule has 24 heavy (non-hydrogen) atoms. The molecule has 1 saturated heterocycles. The number of benzene rings is 1. The Bertz CT molecular complexity index is 729. The van der Waals surface area contributed by atoms with Crippen LogP contribution in [0.25, 0.3) is 0 Å². The Labute approximate surface area is 144 Å². The van der Waals surface area contributed by atoms with Gasteiger partial charge in [-0.3, -0.25) is 10.1 Å². The van der Waals surface area contributed by atoms with Crippen LogP contribution in [0.3, 0.4) is 0 Å². The molecule has 7 heteroatoms. The van der Waals surface area contributed by atoms with Gasteiger partial charge in [-0.05, 0) is 11.5 Å². The van der Waals surface area contributed by atoms with Crippen LogP contribution in [0.2, 0.25) is 0 Å². The van der Waals surface area contributed by atoms with Gasteiger partial charge in [0.2, 0.25) is 5.91 Å². The van der Waals surface area contributed by atoms with Crippen molar-refractivity contribution in [2.45, 2.75) is 25.8 Å². The van der Waals surface area contributed by atoms with Crippen molar-refractivity contribution in [3.63, 3.8) is 0 Å². The van der Waals surface area contributed by atoms with Gasteiger partial charge < -0.3 is 10.2 Å². The standard InChI is InChI=1S/C17H20N4O2S/c1-11(2)13-10-24-16(19-13)20-17(23)21-9-15(22)18-8-14(21)12-6-4-3-5-7-12/h3-7,10-11,14H,8-9H2,1-2H3,(H,18,22)(H,19,20,23). The van der Waals surface area contributed by atoms with E-state index in [1.807, 2.05) is 35.7 Å². The third kappa shape index (κ3) is 3.56. The molecule has 0 bridgehead atoms. The molecule has 1 fully saturated rings. The van der Waals surface area contributed by atoms with Gasteiger partial charge in [-0.25, -0.2) is 9.78 Å². The van der Waals surface area contributed by atoms with Gasteiger partial charge in [0.05, 0.1) is 11.7 Å². The minimum atomic E-state index is -0.302. The Morgan fingerprint density at radius 1 is 1.38 bits per heavy atom. The maximum atomic E-state index is 12.7. The van der Waals surface area contributed by atoms with Crippen LogP contribution in [-0.2, 0) is 4.79 Å². The summed E-state index contributed by atoms with van der Waals surface area (Å²) in [6.07, 6.45) is 0. The molecule has 0 radical (unpaired) electrons. The summed E-state index contributed by atoms with van der Waals surface area (Å²) in [7, 11) is 0. The molecule has 3 amide bonds. The summed E-state index contributed by atoms with van der Waals surface area (Å²) in [5.74, 6) is 0.157. The average molecular weight is 344 g/mol. The maximum Gasteiger partial charge on any atom is 0.324 e. The highest BCUT2D eigenvalue weighted by Gasteiger charge is 2.31. The number of carbonyl (C=O) groups is 2. The Hall–Kier alpha value is -2.41. The van der Waals surface area contributed by atoms with Crippen molar-refractivity contribution in [1.82, 2.24) is 15.2 Å². The summed E-state index contributed by atoms with van der Waals surface area (Å²) in [6, 6.07) is 9.22. The number of nitrogens with zero attached hydrogens (tertiary/aromatic N) is 2. The number of amides is 3. The van der Waals surface area contributed by atoms with Gasteiger partial charge in [-0.1, -0.05) is 44.2 Å². The van der Waals surface area contributed by atoms with E-state index >= 15 is 0 Å². The zero-order valence-electron chi connectivity index (χ0n) is 13.7. The highest BCUT2D eigenvalue weighted by molar-refractivity contribution is 7.13. The molecule has 2 N–H and O–H groups in total. The maximum absolute atomic E-state index is 12.7. The molecule has 126 valence electrons. The number of anilines is 1. The van der Waals surface area contributed by atoms with Crippen LogP contribution >= 0.6 is 11.3 Å². The molecule has 1 aromatic heterocycles. The molecule has 0 saturated carbocycles. The fraction of sp³-hybridized carbons (Fsp3) is 0.353. The van der Waals surface area contributed by atoms with Crippen molar-refractivity contribution in [2.75, 3.05) is 18.4 Å². The number of aromatic nitrogens is 1. The summed E-state index contributed by atoms with van der Waals surface area (Å²) in [4.78, 5) is 30.4. The fourth-order valence-corrected chi connectivity index (χ4v) is 3.46. The monoisotopic (exact) mass is 344 g/mol.